The molecule has 0 saturated carbocycles. The lowest BCUT2D eigenvalue weighted by molar-refractivity contribution is -0.153. The van der Waals surface area contributed by atoms with E-state index >= 15 is 0 Å². The molecule has 16 heavy (non-hydrogen) atoms. The Kier molecular flexibility index (Phi) is 5.73. The van der Waals surface area contributed by atoms with Gasteiger partial charge < -0.3 is 19.7 Å². The van der Waals surface area contributed by atoms with Crippen LogP contribution in [0.3, 0.4) is 0 Å². The first-order chi connectivity index (χ1) is 7.69. The summed E-state index contributed by atoms with van der Waals surface area (Å²) in [5.41, 5.74) is 0. The number of ether oxygens (including phenoxy) is 2. The van der Waals surface area contributed by atoms with Crippen molar-refractivity contribution >= 4 is 5.97 Å². The summed E-state index contributed by atoms with van der Waals surface area (Å²) in [5.74, 6) is -0.306. The highest BCUT2D eigenvalue weighted by molar-refractivity contribution is 5.69. The number of carbonyl (C=O) groups is 1. The van der Waals surface area contributed by atoms with Crippen LogP contribution in [-0.2, 0) is 14.3 Å². The number of hydrogen-bond donors (Lipinski definition) is 2. The van der Waals surface area contributed by atoms with E-state index < -0.39 is 18.3 Å². The van der Waals surface area contributed by atoms with Crippen molar-refractivity contribution in [1.29, 1.82) is 0 Å². The van der Waals surface area contributed by atoms with Crippen LogP contribution >= 0.6 is 0 Å². The first-order valence-electron chi connectivity index (χ1n) is 5.79. The minimum absolute atomic E-state index is 0.159. The summed E-state index contributed by atoms with van der Waals surface area (Å²) >= 11 is 0. The molecule has 0 amide bonds. The lowest BCUT2D eigenvalue weighted by Gasteiger charge is -2.16. The molecule has 0 radical (unpaired) electrons. The summed E-state index contributed by atoms with van der Waals surface area (Å²) in [7, 11) is 0. The largest absolute Gasteiger partial charge is 0.457 e. The molecule has 94 valence electrons. The Morgan fingerprint density at radius 1 is 1.50 bits per heavy atom. The van der Waals surface area contributed by atoms with E-state index in [1.807, 2.05) is 0 Å². The lowest BCUT2D eigenvalue weighted by Crippen LogP contribution is -2.35. The van der Waals surface area contributed by atoms with Gasteiger partial charge >= 0.3 is 5.97 Å². The fourth-order valence-electron chi connectivity index (χ4n) is 1.67. The molecule has 1 rings (SSSR count). The second kappa shape index (κ2) is 6.83. The Morgan fingerprint density at radius 3 is 2.81 bits per heavy atom. The standard InChI is InChI=1S/C11H20O5/c1-2-3-4-5-10(13)16-9-7-15-8(6-12)11(9)14/h8-9,11-12,14H,2-7H2,1H3/t8-,9-,11-/m1/s1. The number of rotatable bonds is 6. The van der Waals surface area contributed by atoms with Crippen molar-refractivity contribution < 1.29 is 24.5 Å². The van der Waals surface area contributed by atoms with Crippen molar-refractivity contribution in [2.24, 2.45) is 0 Å². The van der Waals surface area contributed by atoms with Gasteiger partial charge in [-0.1, -0.05) is 19.8 Å². The maximum atomic E-state index is 11.4. The number of hydrogen-bond acceptors (Lipinski definition) is 5. The number of aliphatic hydroxyl groups is 2. The van der Waals surface area contributed by atoms with E-state index in [0.29, 0.717) is 6.42 Å². The molecular weight excluding hydrogens is 212 g/mol. The molecule has 1 fully saturated rings. The monoisotopic (exact) mass is 232 g/mol. The fourth-order valence-corrected chi connectivity index (χ4v) is 1.67. The third-order valence-corrected chi connectivity index (χ3v) is 2.68. The second-order valence-corrected chi connectivity index (χ2v) is 4.03. The molecule has 3 atom stereocenters. The van der Waals surface area contributed by atoms with Crippen molar-refractivity contribution in [2.75, 3.05) is 13.2 Å². The Morgan fingerprint density at radius 2 is 2.25 bits per heavy atom. The van der Waals surface area contributed by atoms with Gasteiger partial charge in [0.15, 0.2) is 6.10 Å². The Bertz CT molecular complexity index is 218. The van der Waals surface area contributed by atoms with Gasteiger partial charge in [-0.2, -0.15) is 0 Å². The van der Waals surface area contributed by atoms with Gasteiger partial charge in [-0.05, 0) is 6.42 Å². The third-order valence-electron chi connectivity index (χ3n) is 2.68. The quantitative estimate of drug-likeness (QED) is 0.506. The van der Waals surface area contributed by atoms with Crippen LogP contribution in [0.1, 0.15) is 32.6 Å². The minimum atomic E-state index is -0.917. The number of aliphatic hydroxyl groups excluding tert-OH is 2. The molecule has 1 aliphatic heterocycles. The Labute approximate surface area is 95.4 Å². The summed E-state index contributed by atoms with van der Waals surface area (Å²) in [4.78, 5) is 11.4. The van der Waals surface area contributed by atoms with Crippen molar-refractivity contribution in [3.05, 3.63) is 0 Å². The third kappa shape index (κ3) is 3.73. The van der Waals surface area contributed by atoms with E-state index in [4.69, 9.17) is 14.6 Å². The molecule has 1 aliphatic rings. The molecule has 0 unspecified atom stereocenters. The predicted molar refractivity (Wildman–Crippen MR) is 56.9 cm³/mol. The number of esters is 1. The Hall–Kier alpha value is -0.650. The van der Waals surface area contributed by atoms with Gasteiger partial charge in [0.1, 0.15) is 12.2 Å². The average molecular weight is 232 g/mol. The molecule has 0 aliphatic carbocycles. The van der Waals surface area contributed by atoms with E-state index in [1.165, 1.54) is 0 Å². The highest BCUT2D eigenvalue weighted by Crippen LogP contribution is 2.17. The summed E-state index contributed by atoms with van der Waals surface area (Å²) in [6, 6.07) is 0. The SMILES string of the molecule is CCCCCC(=O)O[C@@H]1CO[C@H](CO)[C@H]1O. The number of carbonyl (C=O) groups excluding carboxylic acids is 1. The van der Waals surface area contributed by atoms with Gasteiger partial charge in [-0.3, -0.25) is 4.79 Å². The van der Waals surface area contributed by atoms with Gasteiger partial charge in [0.2, 0.25) is 0 Å². The van der Waals surface area contributed by atoms with Crippen molar-refractivity contribution in [2.45, 2.75) is 50.9 Å². The molecule has 0 aromatic heterocycles. The summed E-state index contributed by atoms with van der Waals surface area (Å²) < 4.78 is 10.2. The molecule has 0 aromatic carbocycles. The normalized spacial score (nSPS) is 29.3. The van der Waals surface area contributed by atoms with E-state index in [9.17, 15) is 9.90 Å². The summed E-state index contributed by atoms with van der Waals surface area (Å²) in [6.45, 7) is 1.96. The molecular formula is C11H20O5. The van der Waals surface area contributed by atoms with E-state index in [-0.39, 0.29) is 19.2 Å². The fraction of sp³-hybridized carbons (Fsp3) is 0.909. The van der Waals surface area contributed by atoms with Crippen LogP contribution < -0.4 is 0 Å². The van der Waals surface area contributed by atoms with Crippen LogP contribution in [0.4, 0.5) is 0 Å². The van der Waals surface area contributed by atoms with Crippen LogP contribution in [0.2, 0.25) is 0 Å². The van der Waals surface area contributed by atoms with Crippen LogP contribution in [0.25, 0.3) is 0 Å². The second-order valence-electron chi connectivity index (χ2n) is 4.03. The van der Waals surface area contributed by atoms with Crippen LogP contribution in [0.5, 0.6) is 0 Å². The van der Waals surface area contributed by atoms with Gasteiger partial charge in [-0.25, -0.2) is 0 Å². The summed E-state index contributed by atoms with van der Waals surface area (Å²) in [6.07, 6.45) is 1.05. The van der Waals surface area contributed by atoms with E-state index in [2.05, 4.69) is 6.92 Å². The summed E-state index contributed by atoms with van der Waals surface area (Å²) in [5, 5.41) is 18.4. The van der Waals surface area contributed by atoms with Gasteiger partial charge in [-0.15, -0.1) is 0 Å². The molecule has 2 N–H and O–H groups in total. The van der Waals surface area contributed by atoms with Crippen molar-refractivity contribution in [3.63, 3.8) is 0 Å². The van der Waals surface area contributed by atoms with Crippen molar-refractivity contribution in [1.82, 2.24) is 0 Å². The molecule has 0 spiro atoms. The van der Waals surface area contributed by atoms with Crippen molar-refractivity contribution in [3.8, 4) is 0 Å². The molecule has 5 nitrogen and oxygen atoms in total. The first-order valence-corrected chi connectivity index (χ1v) is 5.79. The predicted octanol–water partition coefficient (Wildman–Crippen LogP) is 0.230. The topological polar surface area (TPSA) is 76.0 Å². The lowest BCUT2D eigenvalue weighted by atomic mass is 10.1. The zero-order valence-corrected chi connectivity index (χ0v) is 9.59. The van der Waals surface area contributed by atoms with E-state index in [1.54, 1.807) is 0 Å². The molecule has 0 bridgehead atoms. The van der Waals surface area contributed by atoms with E-state index in [0.717, 1.165) is 19.3 Å². The smallest absolute Gasteiger partial charge is 0.306 e. The molecule has 1 saturated heterocycles. The molecule has 1 heterocycles. The highest BCUT2D eigenvalue weighted by Gasteiger charge is 2.37. The minimum Gasteiger partial charge on any atom is -0.457 e. The highest BCUT2D eigenvalue weighted by atomic mass is 16.6. The number of unbranched alkanes of at least 4 members (excludes halogenated alkanes) is 2. The first kappa shape index (κ1) is 13.4. The Balaban J connectivity index is 2.24. The van der Waals surface area contributed by atoms with Gasteiger partial charge in [0, 0.05) is 6.42 Å². The maximum Gasteiger partial charge on any atom is 0.306 e. The molecule has 5 heteroatoms. The van der Waals surface area contributed by atoms with Gasteiger partial charge in [0.05, 0.1) is 13.2 Å². The zero-order valence-electron chi connectivity index (χ0n) is 9.59. The average Bonchev–Trinajstić information content (AvgIpc) is 2.60. The van der Waals surface area contributed by atoms with Crippen LogP contribution in [-0.4, -0.2) is 47.7 Å². The maximum absolute atomic E-state index is 11.4. The zero-order chi connectivity index (χ0) is 12.0. The van der Waals surface area contributed by atoms with Crippen LogP contribution in [0, 0.1) is 0 Å². The van der Waals surface area contributed by atoms with Gasteiger partial charge in [0.25, 0.3) is 0 Å². The van der Waals surface area contributed by atoms with Crippen LogP contribution in [0.15, 0.2) is 0 Å². The molecule has 0 aromatic rings.